The highest BCUT2D eigenvalue weighted by atomic mass is 35.5. The number of rotatable bonds is 9. The standard InChI is InChI=1S/C40H37Cl2FN6O2/c1-21-28-17-33(32-16-26(19-48(32)40(50)22-10-11-22)51-20-25-7-2-3-13-45-25)49(38-24-15-31(38)46-18-24)39(28)29-14-23(6-5-12-44)34(36(43)37(29)47-21)27-8-4-9-30(41)35(27)42/h2-4,7-9,13-14,17,22,24,26,31-32,38,46H,5-6,10-11,15-16,18-20H2,1H3/t24-,26+,31-,32-,38+/m1/s1. The second-order valence-electron chi connectivity index (χ2n) is 14.6. The van der Waals surface area contributed by atoms with Gasteiger partial charge in [0.2, 0.25) is 5.91 Å². The summed E-state index contributed by atoms with van der Waals surface area (Å²) in [6.45, 7) is 3.74. The lowest BCUT2D eigenvalue weighted by atomic mass is 9.79. The number of halogens is 3. The largest absolute Gasteiger partial charge is 0.370 e. The number of nitrogens with one attached hydrogen (secondary N) is 1. The van der Waals surface area contributed by atoms with Crippen molar-refractivity contribution in [2.24, 2.45) is 11.8 Å². The molecule has 0 unspecified atom stereocenters. The van der Waals surface area contributed by atoms with E-state index < -0.39 is 5.82 Å². The predicted octanol–water partition coefficient (Wildman–Crippen LogP) is 8.26. The molecular weight excluding hydrogens is 686 g/mol. The van der Waals surface area contributed by atoms with Crippen LogP contribution in [0.25, 0.3) is 32.9 Å². The van der Waals surface area contributed by atoms with Crippen LogP contribution in [0.15, 0.2) is 54.7 Å². The molecule has 11 heteroatoms. The van der Waals surface area contributed by atoms with Gasteiger partial charge < -0.3 is 19.5 Å². The Labute approximate surface area is 305 Å². The molecule has 3 aromatic heterocycles. The Bertz CT molecular complexity index is 2240. The molecule has 0 spiro atoms. The number of pyridine rings is 2. The maximum absolute atomic E-state index is 17.2. The number of likely N-dealkylation sites (tertiary alicyclic amines) is 1. The monoisotopic (exact) mass is 722 g/mol. The maximum atomic E-state index is 17.2. The van der Waals surface area contributed by atoms with Crippen LogP contribution < -0.4 is 5.32 Å². The molecule has 6 heterocycles. The fraction of sp³-hybridized carbons (Fsp3) is 0.400. The number of nitrogens with zero attached hydrogens (tertiary/aromatic N) is 5. The van der Waals surface area contributed by atoms with Gasteiger partial charge in [-0.25, -0.2) is 9.37 Å². The first-order chi connectivity index (χ1) is 24.8. The third kappa shape index (κ3) is 5.50. The van der Waals surface area contributed by atoms with Crippen molar-refractivity contribution in [1.82, 2.24) is 24.8 Å². The average molecular weight is 724 g/mol. The number of nitriles is 1. The summed E-state index contributed by atoms with van der Waals surface area (Å²) >= 11 is 13.1. The predicted molar refractivity (Wildman–Crippen MR) is 195 cm³/mol. The molecular formula is C40H37Cl2FN6O2. The summed E-state index contributed by atoms with van der Waals surface area (Å²) in [5.74, 6) is 0.181. The number of ether oxygens (including phenoxy) is 1. The molecule has 2 aliphatic carbocycles. The second kappa shape index (κ2) is 12.9. The molecule has 5 aromatic rings. The number of hydrogen-bond donors (Lipinski definition) is 1. The molecule has 260 valence electrons. The number of carbonyl (C=O) groups excluding carboxylic acids is 1. The third-order valence-corrected chi connectivity index (χ3v) is 12.3. The fourth-order valence-corrected chi connectivity index (χ4v) is 9.19. The van der Waals surface area contributed by atoms with Gasteiger partial charge in [-0.15, -0.1) is 0 Å². The molecule has 2 bridgehead atoms. The van der Waals surface area contributed by atoms with E-state index in [2.05, 4.69) is 27.0 Å². The summed E-state index contributed by atoms with van der Waals surface area (Å²) in [4.78, 5) is 25.3. The van der Waals surface area contributed by atoms with Crippen LogP contribution in [0.4, 0.5) is 4.39 Å². The average Bonchev–Trinajstić information content (AvgIpc) is 3.43. The van der Waals surface area contributed by atoms with Crippen LogP contribution in [-0.2, 0) is 22.6 Å². The number of carbonyl (C=O) groups is 1. The van der Waals surface area contributed by atoms with Gasteiger partial charge in [-0.2, -0.15) is 5.26 Å². The van der Waals surface area contributed by atoms with Crippen molar-refractivity contribution >= 4 is 50.9 Å². The molecule has 3 saturated heterocycles. The van der Waals surface area contributed by atoms with Crippen molar-refractivity contribution < 1.29 is 13.9 Å². The number of fused-ring (bicyclic) bond motifs is 4. The third-order valence-electron chi connectivity index (χ3n) is 11.4. The van der Waals surface area contributed by atoms with Crippen LogP contribution >= 0.6 is 23.2 Å². The fourth-order valence-electron chi connectivity index (χ4n) is 8.79. The summed E-state index contributed by atoms with van der Waals surface area (Å²) in [6, 6.07) is 17.6. The molecule has 2 aromatic carbocycles. The van der Waals surface area contributed by atoms with E-state index >= 15 is 4.39 Å². The molecule has 5 aliphatic rings. The van der Waals surface area contributed by atoms with Crippen molar-refractivity contribution in [1.29, 1.82) is 5.26 Å². The lowest BCUT2D eigenvalue weighted by Gasteiger charge is -2.39. The summed E-state index contributed by atoms with van der Waals surface area (Å²) in [7, 11) is 0. The summed E-state index contributed by atoms with van der Waals surface area (Å²) in [6.07, 6.45) is 5.72. The Morgan fingerprint density at radius 3 is 2.73 bits per heavy atom. The Morgan fingerprint density at radius 1 is 1.14 bits per heavy atom. The van der Waals surface area contributed by atoms with Gasteiger partial charge in [0, 0.05) is 77.4 Å². The molecule has 51 heavy (non-hydrogen) atoms. The molecule has 8 nitrogen and oxygen atoms in total. The van der Waals surface area contributed by atoms with Gasteiger partial charge in [-0.05, 0) is 74.4 Å². The van der Waals surface area contributed by atoms with E-state index in [0.717, 1.165) is 48.1 Å². The second-order valence-corrected chi connectivity index (χ2v) is 15.3. The number of hydrogen-bond acceptors (Lipinski definition) is 6. The highest BCUT2D eigenvalue weighted by Gasteiger charge is 2.51. The Kier molecular flexibility index (Phi) is 8.27. The molecule has 10 rings (SSSR count). The van der Waals surface area contributed by atoms with Crippen molar-refractivity contribution in [3.8, 4) is 17.2 Å². The summed E-state index contributed by atoms with van der Waals surface area (Å²) < 4.78 is 26.0. The number of benzene rings is 2. The highest BCUT2D eigenvalue weighted by molar-refractivity contribution is 6.43. The van der Waals surface area contributed by atoms with E-state index in [1.807, 2.05) is 36.1 Å². The summed E-state index contributed by atoms with van der Waals surface area (Å²) in [5, 5.41) is 15.5. The van der Waals surface area contributed by atoms with Gasteiger partial charge in [0.05, 0.1) is 52.1 Å². The molecule has 0 radical (unpaired) electrons. The zero-order valence-corrected chi connectivity index (χ0v) is 29.7. The smallest absolute Gasteiger partial charge is 0.226 e. The maximum Gasteiger partial charge on any atom is 0.226 e. The molecule has 2 saturated carbocycles. The van der Waals surface area contributed by atoms with Gasteiger partial charge in [0.15, 0.2) is 5.82 Å². The first kappa shape index (κ1) is 32.8. The van der Waals surface area contributed by atoms with Gasteiger partial charge in [-0.1, -0.05) is 41.4 Å². The van der Waals surface area contributed by atoms with Crippen molar-refractivity contribution in [3.05, 3.63) is 93.2 Å². The molecule has 5 fully saturated rings. The van der Waals surface area contributed by atoms with Crippen LogP contribution in [0.2, 0.25) is 10.0 Å². The van der Waals surface area contributed by atoms with Gasteiger partial charge in [-0.3, -0.25) is 9.78 Å². The van der Waals surface area contributed by atoms with Gasteiger partial charge >= 0.3 is 0 Å². The molecule has 1 N–H and O–H groups in total. The van der Waals surface area contributed by atoms with E-state index in [1.54, 1.807) is 24.4 Å². The molecule has 5 atom stereocenters. The lowest BCUT2D eigenvalue weighted by Crippen LogP contribution is -2.41. The van der Waals surface area contributed by atoms with E-state index in [-0.39, 0.29) is 53.0 Å². The topological polar surface area (TPSA) is 96.1 Å². The normalized spacial score (nSPS) is 24.0. The van der Waals surface area contributed by atoms with Gasteiger partial charge in [0.1, 0.15) is 5.52 Å². The van der Waals surface area contributed by atoms with Gasteiger partial charge in [0.25, 0.3) is 0 Å². The first-order valence-corrected chi connectivity index (χ1v) is 18.6. The van der Waals surface area contributed by atoms with E-state index in [9.17, 15) is 10.1 Å². The van der Waals surface area contributed by atoms with E-state index in [1.165, 1.54) is 0 Å². The SMILES string of the molecule is Cc1nc2c(F)c(-c3cccc(Cl)c3Cl)c(CCC#N)cc2c2c1cc([C@H]1C[C@H](OCc3ccccn3)CN1C(=O)C1CC1)n2[C@H]1[C@H]2CN[C@@H]1C2. The van der Waals surface area contributed by atoms with Crippen molar-refractivity contribution in [2.75, 3.05) is 13.1 Å². The van der Waals surface area contributed by atoms with Crippen molar-refractivity contribution in [3.63, 3.8) is 0 Å². The zero-order valence-electron chi connectivity index (χ0n) is 28.2. The lowest BCUT2D eigenvalue weighted by molar-refractivity contribution is -0.134. The minimum atomic E-state index is -0.479. The van der Waals surface area contributed by atoms with Crippen LogP contribution in [0, 0.1) is 35.9 Å². The number of aromatic nitrogens is 3. The highest BCUT2D eigenvalue weighted by Crippen LogP contribution is 2.51. The molecule has 1 amide bonds. The number of amides is 1. The van der Waals surface area contributed by atoms with Crippen LogP contribution in [-0.4, -0.2) is 50.6 Å². The van der Waals surface area contributed by atoms with Crippen LogP contribution in [0.1, 0.15) is 66.8 Å². The first-order valence-electron chi connectivity index (χ1n) is 17.9. The zero-order chi connectivity index (χ0) is 35.0. The Balaban J connectivity index is 1.24. The summed E-state index contributed by atoms with van der Waals surface area (Å²) in [5.41, 5.74) is 5.27. The number of aryl methyl sites for hydroxylation is 2. The van der Waals surface area contributed by atoms with Crippen molar-refractivity contribution in [2.45, 2.75) is 76.3 Å². The Hall–Kier alpha value is -4.07. The van der Waals surface area contributed by atoms with Crippen LogP contribution in [0.5, 0.6) is 0 Å². The Morgan fingerprint density at radius 2 is 2.00 bits per heavy atom. The quantitative estimate of drug-likeness (QED) is 0.165. The minimum Gasteiger partial charge on any atom is -0.370 e. The molecule has 3 aliphatic heterocycles. The van der Waals surface area contributed by atoms with Crippen LogP contribution in [0.3, 0.4) is 0 Å². The van der Waals surface area contributed by atoms with E-state index in [0.29, 0.717) is 64.7 Å². The van der Waals surface area contributed by atoms with E-state index in [4.69, 9.17) is 32.9 Å². The minimum absolute atomic E-state index is 0.0548.